The van der Waals surface area contributed by atoms with E-state index in [0.29, 0.717) is 5.57 Å². The number of amides is 1. The molecule has 2 atom stereocenters. The minimum absolute atomic E-state index is 0.132. The Labute approximate surface area is 176 Å². The molecule has 0 saturated carbocycles. The van der Waals surface area contributed by atoms with Gasteiger partial charge in [0.1, 0.15) is 11.8 Å². The Balaban J connectivity index is 3.24. The zero-order valence-electron chi connectivity index (χ0n) is 18.3. The van der Waals surface area contributed by atoms with Crippen molar-refractivity contribution >= 4 is 31.3 Å². The number of carbonyl (C=O) groups is 1. The lowest BCUT2D eigenvalue weighted by Crippen LogP contribution is -2.50. The molecule has 0 saturated heterocycles. The number of non-ortho nitro benzene ring substituents is 1. The number of nitro groups is 2. The summed E-state index contributed by atoms with van der Waals surface area (Å²) in [6, 6.07) is 2.98. The molecule has 1 amide bonds. The normalized spacial score (nSPS) is 14.0. The summed E-state index contributed by atoms with van der Waals surface area (Å²) in [5.41, 5.74) is -0.654. The molecule has 0 unspecified atom stereocenters. The smallest absolute Gasteiger partial charge is 0.299 e. The number of ether oxygens (including phenoxy) is 1. The van der Waals surface area contributed by atoms with E-state index in [1.165, 1.54) is 7.11 Å². The molecule has 0 spiro atoms. The van der Waals surface area contributed by atoms with Gasteiger partial charge in [-0.1, -0.05) is 32.9 Å². The van der Waals surface area contributed by atoms with Crippen LogP contribution in [0.5, 0.6) is 0 Å². The summed E-state index contributed by atoms with van der Waals surface area (Å²) in [5, 5.41) is 24.5. The molecule has 1 aromatic rings. The van der Waals surface area contributed by atoms with Crippen molar-refractivity contribution in [3.05, 3.63) is 50.6 Å². The van der Waals surface area contributed by atoms with Crippen molar-refractivity contribution in [1.29, 1.82) is 0 Å². The summed E-state index contributed by atoms with van der Waals surface area (Å²) in [6.07, 6.45) is -1.89. The van der Waals surface area contributed by atoms with E-state index < -0.39 is 47.7 Å². The van der Waals surface area contributed by atoms with E-state index in [1.807, 2.05) is 13.1 Å². The monoisotopic (exact) mass is 439 g/mol. The van der Waals surface area contributed by atoms with Gasteiger partial charge >= 0.3 is 0 Å². The van der Waals surface area contributed by atoms with E-state index in [2.05, 4.69) is 32.7 Å². The van der Waals surface area contributed by atoms with Gasteiger partial charge in [0.15, 0.2) is 14.4 Å². The molecule has 0 aliphatic carbocycles. The number of methoxy groups -OCH3 is 1. The predicted molar refractivity (Wildman–Crippen MR) is 116 cm³/mol. The Bertz CT molecular complexity index is 849. The Morgan fingerprint density at radius 3 is 2.13 bits per heavy atom. The SMILES string of the molecule is C=C(C)[C@H](O[Si](C)(C)C(C)(C)C)[C@@H](OC)C(=O)Nc1ccc([N+](=O)[O-])cc1[N+](=O)[O-]. The van der Waals surface area contributed by atoms with Crippen LogP contribution in [0.4, 0.5) is 17.1 Å². The van der Waals surface area contributed by atoms with Crippen LogP contribution in [0.25, 0.3) is 0 Å². The van der Waals surface area contributed by atoms with Gasteiger partial charge < -0.3 is 14.5 Å². The van der Waals surface area contributed by atoms with E-state index >= 15 is 0 Å². The topological polar surface area (TPSA) is 134 Å². The molecular formula is C19H29N3O7Si. The number of rotatable bonds is 9. The molecule has 1 aromatic carbocycles. The lowest BCUT2D eigenvalue weighted by atomic mass is 10.1. The summed E-state index contributed by atoms with van der Waals surface area (Å²) in [4.78, 5) is 33.6. The first-order chi connectivity index (χ1) is 13.6. The van der Waals surface area contributed by atoms with E-state index in [9.17, 15) is 25.0 Å². The van der Waals surface area contributed by atoms with Crippen molar-refractivity contribution in [2.24, 2.45) is 0 Å². The largest absolute Gasteiger partial charge is 0.407 e. The third-order valence-electron chi connectivity index (χ3n) is 5.15. The maximum absolute atomic E-state index is 12.9. The number of nitrogens with one attached hydrogen (secondary N) is 1. The van der Waals surface area contributed by atoms with Gasteiger partial charge in [-0.15, -0.1) is 0 Å². The molecule has 30 heavy (non-hydrogen) atoms. The highest BCUT2D eigenvalue weighted by Gasteiger charge is 2.42. The van der Waals surface area contributed by atoms with Crippen LogP contribution in [0.2, 0.25) is 18.1 Å². The van der Waals surface area contributed by atoms with E-state index in [-0.39, 0.29) is 10.7 Å². The lowest BCUT2D eigenvalue weighted by molar-refractivity contribution is -0.393. The van der Waals surface area contributed by atoms with Crippen LogP contribution in [0.3, 0.4) is 0 Å². The number of anilines is 1. The van der Waals surface area contributed by atoms with E-state index in [1.54, 1.807) is 6.92 Å². The molecule has 11 heteroatoms. The molecule has 0 radical (unpaired) electrons. The minimum atomic E-state index is -2.30. The van der Waals surface area contributed by atoms with E-state index in [4.69, 9.17) is 9.16 Å². The van der Waals surface area contributed by atoms with Gasteiger partial charge in [-0.25, -0.2) is 0 Å². The number of benzene rings is 1. The first-order valence-electron chi connectivity index (χ1n) is 9.22. The fraction of sp³-hybridized carbons (Fsp3) is 0.526. The van der Waals surface area contributed by atoms with Crippen LogP contribution in [-0.2, 0) is 14.0 Å². The molecule has 0 aromatic heterocycles. The molecule has 10 nitrogen and oxygen atoms in total. The fourth-order valence-corrected chi connectivity index (χ4v) is 3.69. The molecule has 166 valence electrons. The van der Waals surface area contributed by atoms with Gasteiger partial charge in [-0.05, 0) is 31.1 Å². The zero-order valence-corrected chi connectivity index (χ0v) is 19.3. The summed E-state index contributed by atoms with van der Waals surface area (Å²) < 4.78 is 11.7. The maximum Gasteiger partial charge on any atom is 0.299 e. The molecule has 0 fully saturated rings. The van der Waals surface area contributed by atoms with E-state index in [0.717, 1.165) is 18.2 Å². The average Bonchev–Trinajstić information content (AvgIpc) is 2.60. The standard InChI is InChI=1S/C19H29N3O7Si/c1-12(2)16(29-30(7,8)19(3,4)5)17(28-6)18(23)20-14-10-9-13(21(24)25)11-15(14)22(26)27/h9-11,16-17H,1H2,2-8H3,(H,20,23)/t16-,17+/m0/s1. The second-order valence-electron chi connectivity index (χ2n) is 8.51. The molecular weight excluding hydrogens is 410 g/mol. The van der Waals surface area contributed by atoms with Gasteiger partial charge in [0.25, 0.3) is 17.3 Å². The Hall–Kier alpha value is -2.63. The van der Waals surface area contributed by atoms with Crippen molar-refractivity contribution in [1.82, 2.24) is 0 Å². The highest BCUT2D eigenvalue weighted by Crippen LogP contribution is 2.38. The Kier molecular flexibility index (Phi) is 8.00. The van der Waals surface area contributed by atoms with Crippen LogP contribution in [0.1, 0.15) is 27.7 Å². The molecule has 0 aliphatic heterocycles. The quantitative estimate of drug-likeness (QED) is 0.260. The van der Waals surface area contributed by atoms with Crippen LogP contribution >= 0.6 is 0 Å². The van der Waals surface area contributed by atoms with Crippen LogP contribution < -0.4 is 5.32 Å². The minimum Gasteiger partial charge on any atom is -0.407 e. The van der Waals surface area contributed by atoms with Crippen molar-refractivity contribution in [2.75, 3.05) is 12.4 Å². The number of nitrogens with zero attached hydrogens (tertiary/aromatic N) is 2. The summed E-state index contributed by atoms with van der Waals surface area (Å²) in [7, 11) is -0.968. The zero-order chi connectivity index (χ0) is 23.4. The van der Waals surface area contributed by atoms with Crippen LogP contribution in [0.15, 0.2) is 30.4 Å². The third-order valence-corrected chi connectivity index (χ3v) is 9.60. The summed E-state index contributed by atoms with van der Waals surface area (Å²) in [5.74, 6) is -0.679. The van der Waals surface area contributed by atoms with Crippen molar-refractivity contribution in [3.63, 3.8) is 0 Å². The summed E-state index contributed by atoms with van der Waals surface area (Å²) in [6.45, 7) is 15.8. The Morgan fingerprint density at radius 2 is 1.73 bits per heavy atom. The lowest BCUT2D eigenvalue weighted by Gasteiger charge is -2.41. The predicted octanol–water partition coefficient (Wildman–Crippen LogP) is 4.42. The first kappa shape index (κ1) is 25.4. The highest BCUT2D eigenvalue weighted by molar-refractivity contribution is 6.74. The number of hydrogen-bond acceptors (Lipinski definition) is 7. The van der Waals surface area contributed by atoms with Crippen molar-refractivity contribution in [2.45, 2.75) is 58.0 Å². The first-order valence-corrected chi connectivity index (χ1v) is 12.1. The second-order valence-corrected chi connectivity index (χ2v) is 13.3. The molecule has 1 N–H and O–H groups in total. The average molecular weight is 440 g/mol. The van der Waals surface area contributed by atoms with Crippen molar-refractivity contribution < 1.29 is 23.8 Å². The highest BCUT2D eigenvalue weighted by atomic mass is 28.4. The van der Waals surface area contributed by atoms with Gasteiger partial charge in [-0.3, -0.25) is 25.0 Å². The number of carbonyl (C=O) groups excluding carboxylic acids is 1. The van der Waals surface area contributed by atoms with Gasteiger partial charge in [0, 0.05) is 13.2 Å². The summed E-state index contributed by atoms with van der Waals surface area (Å²) >= 11 is 0. The maximum atomic E-state index is 12.9. The second kappa shape index (κ2) is 9.45. The Morgan fingerprint density at radius 1 is 1.17 bits per heavy atom. The number of hydrogen-bond donors (Lipinski definition) is 1. The van der Waals surface area contributed by atoms with Gasteiger partial charge in [0.2, 0.25) is 0 Å². The molecule has 0 heterocycles. The fourth-order valence-electron chi connectivity index (χ4n) is 2.38. The molecule has 1 rings (SSSR count). The van der Waals surface area contributed by atoms with Gasteiger partial charge in [0.05, 0.1) is 15.9 Å². The van der Waals surface area contributed by atoms with Crippen LogP contribution in [-0.4, -0.2) is 43.4 Å². The third kappa shape index (κ3) is 5.94. The number of nitro benzene ring substituents is 2. The van der Waals surface area contributed by atoms with Crippen molar-refractivity contribution in [3.8, 4) is 0 Å². The van der Waals surface area contributed by atoms with Crippen LogP contribution in [0, 0.1) is 20.2 Å². The van der Waals surface area contributed by atoms with Gasteiger partial charge in [-0.2, -0.15) is 0 Å². The molecule has 0 aliphatic rings. The molecule has 0 bridgehead atoms.